The fourth-order valence-electron chi connectivity index (χ4n) is 2.88. The zero-order valence-corrected chi connectivity index (χ0v) is 14.5. The van der Waals surface area contributed by atoms with E-state index in [0.717, 1.165) is 16.9 Å². The highest BCUT2D eigenvalue weighted by Crippen LogP contribution is 2.34. The Balaban J connectivity index is 1.62. The summed E-state index contributed by atoms with van der Waals surface area (Å²) >= 11 is 5.46. The smallest absolute Gasteiger partial charge is 0.277 e. The maximum atomic E-state index is 12.8. The molecule has 0 saturated carbocycles. The predicted octanol–water partition coefficient (Wildman–Crippen LogP) is 3.02. The van der Waals surface area contributed by atoms with Crippen LogP contribution < -0.4 is 9.47 Å². The van der Waals surface area contributed by atoms with Crippen molar-refractivity contribution in [1.29, 1.82) is 0 Å². The van der Waals surface area contributed by atoms with Gasteiger partial charge in [-0.05, 0) is 41.6 Å². The lowest BCUT2D eigenvalue weighted by Gasteiger charge is -2.16. The number of rotatable bonds is 3. The van der Waals surface area contributed by atoms with Crippen LogP contribution in [0.3, 0.4) is 0 Å². The largest absolute Gasteiger partial charge is 0.454 e. The number of likely N-dealkylation sites (N-methyl/N-ethyl adjacent to an activating group) is 1. The highest BCUT2D eigenvalue weighted by atomic mass is 32.1. The van der Waals surface area contributed by atoms with Gasteiger partial charge in [0.05, 0.1) is 6.54 Å². The lowest BCUT2D eigenvalue weighted by Crippen LogP contribution is -2.30. The van der Waals surface area contributed by atoms with Gasteiger partial charge in [0.2, 0.25) is 6.79 Å². The van der Waals surface area contributed by atoms with Gasteiger partial charge in [-0.2, -0.15) is 0 Å². The van der Waals surface area contributed by atoms with Crippen molar-refractivity contribution >= 4 is 29.3 Å². The van der Waals surface area contributed by atoms with E-state index in [1.165, 1.54) is 0 Å². The Morgan fingerprint density at radius 2 is 1.88 bits per heavy atom. The van der Waals surface area contributed by atoms with E-state index in [9.17, 15) is 4.79 Å². The van der Waals surface area contributed by atoms with E-state index in [2.05, 4.69) is 0 Å². The number of ether oxygens (including phenoxy) is 2. The number of fused-ring (bicyclic) bond motifs is 1. The van der Waals surface area contributed by atoms with Gasteiger partial charge < -0.3 is 14.4 Å². The minimum absolute atomic E-state index is 0.103. The van der Waals surface area contributed by atoms with Crippen LogP contribution in [-0.4, -0.2) is 34.7 Å². The van der Waals surface area contributed by atoms with Crippen molar-refractivity contribution in [3.8, 4) is 11.5 Å². The first-order valence-corrected chi connectivity index (χ1v) is 8.29. The Bertz CT molecular complexity index is 879. The molecule has 2 aromatic carbocycles. The average Bonchev–Trinajstić information content (AvgIpc) is 3.17. The number of carbonyl (C=O) groups is 1. The van der Waals surface area contributed by atoms with Crippen LogP contribution in [-0.2, 0) is 11.3 Å². The Morgan fingerprint density at radius 1 is 1.12 bits per heavy atom. The number of benzene rings is 2. The van der Waals surface area contributed by atoms with E-state index in [4.69, 9.17) is 21.7 Å². The molecule has 6 heteroatoms. The summed E-state index contributed by atoms with van der Waals surface area (Å²) in [5.74, 6) is 1.30. The first kappa shape index (κ1) is 15.7. The van der Waals surface area contributed by atoms with Crippen LogP contribution in [0.5, 0.6) is 11.5 Å². The van der Waals surface area contributed by atoms with Crippen LogP contribution in [0.2, 0.25) is 0 Å². The summed E-state index contributed by atoms with van der Waals surface area (Å²) in [6.07, 6.45) is 1.82. The fourth-order valence-corrected chi connectivity index (χ4v) is 3.12. The van der Waals surface area contributed by atoms with Crippen molar-refractivity contribution < 1.29 is 14.3 Å². The Labute approximate surface area is 151 Å². The van der Waals surface area contributed by atoms with Crippen molar-refractivity contribution in [3.05, 3.63) is 65.4 Å². The second kappa shape index (κ2) is 6.22. The van der Waals surface area contributed by atoms with Crippen molar-refractivity contribution in [3.63, 3.8) is 0 Å². The number of thiocarbonyl (C=S) groups is 1. The molecule has 0 N–H and O–H groups in total. The predicted molar refractivity (Wildman–Crippen MR) is 97.9 cm³/mol. The van der Waals surface area contributed by atoms with Crippen LogP contribution >= 0.6 is 12.2 Å². The molecule has 0 atom stereocenters. The van der Waals surface area contributed by atoms with E-state index in [1.54, 1.807) is 9.80 Å². The van der Waals surface area contributed by atoms with Gasteiger partial charge >= 0.3 is 0 Å². The number of amides is 1. The lowest BCUT2D eigenvalue weighted by atomic mass is 10.1. The van der Waals surface area contributed by atoms with Gasteiger partial charge in [0.15, 0.2) is 16.6 Å². The van der Waals surface area contributed by atoms with Crippen LogP contribution in [0.15, 0.2) is 54.2 Å². The second-order valence-electron chi connectivity index (χ2n) is 5.86. The number of hydrogen-bond donors (Lipinski definition) is 0. The van der Waals surface area contributed by atoms with Gasteiger partial charge in [-0.25, -0.2) is 0 Å². The first-order chi connectivity index (χ1) is 12.1. The van der Waals surface area contributed by atoms with E-state index in [-0.39, 0.29) is 12.7 Å². The molecule has 25 heavy (non-hydrogen) atoms. The molecule has 0 radical (unpaired) electrons. The molecule has 1 fully saturated rings. The first-order valence-electron chi connectivity index (χ1n) is 7.88. The van der Waals surface area contributed by atoms with Gasteiger partial charge in [-0.15, -0.1) is 0 Å². The van der Waals surface area contributed by atoms with Gasteiger partial charge in [0.1, 0.15) is 5.70 Å². The molecule has 2 aliphatic rings. The van der Waals surface area contributed by atoms with Crippen molar-refractivity contribution in [2.75, 3.05) is 13.8 Å². The normalized spacial score (nSPS) is 17.7. The van der Waals surface area contributed by atoms with Gasteiger partial charge in [0, 0.05) is 7.05 Å². The number of hydrogen-bond acceptors (Lipinski definition) is 4. The monoisotopic (exact) mass is 352 g/mol. The lowest BCUT2D eigenvalue weighted by molar-refractivity contribution is -0.122. The van der Waals surface area contributed by atoms with Gasteiger partial charge in [0.25, 0.3) is 5.91 Å². The molecule has 5 nitrogen and oxygen atoms in total. The zero-order valence-electron chi connectivity index (χ0n) is 13.6. The Morgan fingerprint density at radius 3 is 2.68 bits per heavy atom. The standard InChI is InChI=1S/C19H16N2O3S/c1-20-15(9-14-7-8-16-17(10-14)24-12-23-16)18(22)21(19(20)25)11-13-5-3-2-4-6-13/h2-10H,11-12H2,1H3. The molecule has 0 aromatic heterocycles. The highest BCUT2D eigenvalue weighted by Gasteiger charge is 2.35. The zero-order chi connectivity index (χ0) is 17.4. The minimum Gasteiger partial charge on any atom is -0.454 e. The van der Waals surface area contributed by atoms with Crippen molar-refractivity contribution in [2.45, 2.75) is 6.54 Å². The molecule has 1 saturated heterocycles. The number of carbonyl (C=O) groups excluding carboxylic acids is 1. The summed E-state index contributed by atoms with van der Waals surface area (Å²) in [5.41, 5.74) is 2.44. The van der Waals surface area contributed by atoms with Crippen molar-refractivity contribution in [2.24, 2.45) is 0 Å². The Kier molecular flexibility index (Phi) is 3.89. The van der Waals surface area contributed by atoms with Crippen molar-refractivity contribution in [1.82, 2.24) is 9.80 Å². The highest BCUT2D eigenvalue weighted by molar-refractivity contribution is 7.80. The van der Waals surface area contributed by atoms with Crippen LogP contribution in [0.4, 0.5) is 0 Å². The molecule has 1 amide bonds. The third-order valence-corrected chi connectivity index (χ3v) is 4.72. The molecule has 0 spiro atoms. The topological polar surface area (TPSA) is 42.0 Å². The van der Waals surface area contributed by atoms with E-state index < -0.39 is 0 Å². The quantitative estimate of drug-likeness (QED) is 0.627. The number of nitrogens with zero attached hydrogens (tertiary/aromatic N) is 2. The molecule has 2 aliphatic heterocycles. The summed E-state index contributed by atoms with van der Waals surface area (Å²) in [5, 5.41) is 0.501. The third kappa shape index (κ3) is 2.85. The summed E-state index contributed by atoms with van der Waals surface area (Å²) < 4.78 is 10.7. The molecule has 0 bridgehead atoms. The third-order valence-electron chi connectivity index (χ3n) is 4.23. The molecule has 2 aromatic rings. The maximum absolute atomic E-state index is 12.8. The average molecular weight is 352 g/mol. The van der Waals surface area contributed by atoms with E-state index in [0.29, 0.717) is 23.1 Å². The molecule has 126 valence electrons. The van der Waals surface area contributed by atoms with Crippen LogP contribution in [0, 0.1) is 0 Å². The summed E-state index contributed by atoms with van der Waals surface area (Å²) in [7, 11) is 1.81. The minimum atomic E-state index is -0.103. The summed E-state index contributed by atoms with van der Waals surface area (Å²) in [6.45, 7) is 0.685. The van der Waals surface area contributed by atoms with E-state index >= 15 is 0 Å². The van der Waals surface area contributed by atoms with Crippen LogP contribution in [0.1, 0.15) is 11.1 Å². The molecular weight excluding hydrogens is 336 g/mol. The van der Waals surface area contributed by atoms with Crippen LogP contribution in [0.25, 0.3) is 6.08 Å². The van der Waals surface area contributed by atoms with E-state index in [1.807, 2.05) is 61.7 Å². The summed E-state index contributed by atoms with van der Waals surface area (Å²) in [4.78, 5) is 16.2. The molecular formula is C19H16N2O3S. The molecule has 0 unspecified atom stereocenters. The fraction of sp³-hybridized carbons (Fsp3) is 0.158. The van der Waals surface area contributed by atoms with Gasteiger partial charge in [-0.1, -0.05) is 36.4 Å². The molecule has 0 aliphatic carbocycles. The maximum Gasteiger partial charge on any atom is 0.277 e. The van der Waals surface area contributed by atoms with Gasteiger partial charge in [-0.3, -0.25) is 9.69 Å². The Hall–Kier alpha value is -2.86. The summed E-state index contributed by atoms with van der Waals surface area (Å²) in [6, 6.07) is 15.4. The SMILES string of the molecule is CN1C(=S)N(Cc2ccccc2)C(=O)C1=Cc1ccc2c(c1)OCO2. The molecule has 4 rings (SSSR count). The second-order valence-corrected chi connectivity index (χ2v) is 6.23. The molecule has 2 heterocycles.